The summed E-state index contributed by atoms with van der Waals surface area (Å²) < 4.78 is 5.57. The van der Waals surface area contributed by atoms with E-state index in [-0.39, 0.29) is 5.60 Å². The topological polar surface area (TPSA) is 47.0 Å². The van der Waals surface area contributed by atoms with Crippen molar-refractivity contribution in [2.75, 3.05) is 19.0 Å². The first-order valence-corrected chi connectivity index (χ1v) is 6.26. The fraction of sp³-hybridized carbons (Fsp3) is 0.692. The van der Waals surface area contributed by atoms with Crippen molar-refractivity contribution in [2.24, 2.45) is 0 Å². The minimum atomic E-state index is 0.0307. The van der Waals surface area contributed by atoms with Crippen molar-refractivity contribution in [3.05, 3.63) is 18.1 Å². The number of ether oxygens (including phenoxy) is 1. The molecule has 1 aromatic rings. The molecule has 0 bridgehead atoms. The zero-order valence-electron chi connectivity index (χ0n) is 10.9. The van der Waals surface area contributed by atoms with Crippen molar-refractivity contribution in [3.8, 4) is 0 Å². The molecule has 1 aromatic heterocycles. The summed E-state index contributed by atoms with van der Waals surface area (Å²) in [6, 6.07) is 2.02. The Morgan fingerprint density at radius 3 is 2.71 bits per heavy atom. The highest BCUT2D eigenvalue weighted by atomic mass is 16.5. The van der Waals surface area contributed by atoms with Crippen molar-refractivity contribution in [2.45, 2.75) is 44.6 Å². The Morgan fingerprint density at radius 1 is 1.41 bits per heavy atom. The van der Waals surface area contributed by atoms with Crippen LogP contribution in [0.3, 0.4) is 0 Å². The molecule has 17 heavy (non-hydrogen) atoms. The van der Waals surface area contributed by atoms with Gasteiger partial charge in [0.05, 0.1) is 5.60 Å². The number of aromatic nitrogens is 2. The normalized spacial score (nSPS) is 17.9. The number of rotatable bonds is 5. The Morgan fingerprint density at radius 2 is 2.18 bits per heavy atom. The summed E-state index contributed by atoms with van der Waals surface area (Å²) in [5.74, 6) is 1.32. The van der Waals surface area contributed by atoms with Gasteiger partial charge >= 0.3 is 0 Å². The molecule has 1 N–H and O–H groups in total. The predicted octanol–water partition coefficient (Wildman–Crippen LogP) is 2.58. The van der Waals surface area contributed by atoms with E-state index in [9.17, 15) is 0 Å². The highest BCUT2D eigenvalue weighted by Crippen LogP contribution is 2.34. The molecule has 0 aromatic carbocycles. The Labute approximate surface area is 103 Å². The molecule has 0 amide bonds. The predicted molar refractivity (Wildman–Crippen MR) is 68.2 cm³/mol. The summed E-state index contributed by atoms with van der Waals surface area (Å²) >= 11 is 0. The molecule has 2 rings (SSSR count). The molecule has 0 unspecified atom stereocenters. The lowest BCUT2D eigenvalue weighted by Gasteiger charge is -2.40. The molecule has 1 aliphatic carbocycles. The number of nitrogens with zero attached hydrogens (tertiary/aromatic N) is 2. The van der Waals surface area contributed by atoms with Gasteiger partial charge in [0, 0.05) is 25.4 Å². The number of hydrogen-bond acceptors (Lipinski definition) is 4. The third kappa shape index (κ3) is 2.75. The van der Waals surface area contributed by atoms with Crippen LogP contribution in [0.5, 0.6) is 0 Å². The molecular formula is C13H21N3O. The summed E-state index contributed by atoms with van der Waals surface area (Å²) in [7, 11) is 1.79. The maximum Gasteiger partial charge on any atom is 0.129 e. The average Bonchev–Trinajstić information content (AvgIpc) is 2.28. The average molecular weight is 235 g/mol. The minimum absolute atomic E-state index is 0.0307. The standard InChI is InChI=1S/C13H21N3O/c1-10(2)11-7-12(16-9-15-11)14-8-13(17-3)5-4-6-13/h7,9-10H,4-6,8H2,1-3H3,(H,14,15,16). The Balaban J connectivity index is 1.96. The number of nitrogens with one attached hydrogen (secondary N) is 1. The van der Waals surface area contributed by atoms with Crippen molar-refractivity contribution in [1.82, 2.24) is 9.97 Å². The van der Waals surface area contributed by atoms with E-state index < -0.39 is 0 Å². The fourth-order valence-electron chi connectivity index (χ4n) is 2.06. The van der Waals surface area contributed by atoms with Gasteiger partial charge in [0.1, 0.15) is 12.1 Å². The lowest BCUT2D eigenvalue weighted by atomic mass is 9.80. The Hall–Kier alpha value is -1.16. The van der Waals surface area contributed by atoms with E-state index in [1.54, 1.807) is 13.4 Å². The fourth-order valence-corrected chi connectivity index (χ4v) is 2.06. The van der Waals surface area contributed by atoms with Gasteiger partial charge in [0.15, 0.2) is 0 Å². The van der Waals surface area contributed by atoms with E-state index in [4.69, 9.17) is 4.74 Å². The van der Waals surface area contributed by atoms with Crippen LogP contribution in [0.25, 0.3) is 0 Å². The summed E-state index contributed by atoms with van der Waals surface area (Å²) in [5.41, 5.74) is 1.10. The highest BCUT2D eigenvalue weighted by molar-refractivity contribution is 5.36. The highest BCUT2D eigenvalue weighted by Gasteiger charge is 2.36. The first-order chi connectivity index (χ1) is 8.15. The van der Waals surface area contributed by atoms with Gasteiger partial charge in [-0.2, -0.15) is 0 Å². The number of hydrogen-bond donors (Lipinski definition) is 1. The van der Waals surface area contributed by atoms with Gasteiger partial charge in [-0.3, -0.25) is 0 Å². The lowest BCUT2D eigenvalue weighted by Crippen LogP contribution is -2.45. The largest absolute Gasteiger partial charge is 0.376 e. The second-order valence-electron chi connectivity index (χ2n) is 5.08. The van der Waals surface area contributed by atoms with Crippen molar-refractivity contribution >= 4 is 5.82 Å². The molecule has 1 heterocycles. The second-order valence-corrected chi connectivity index (χ2v) is 5.08. The molecule has 4 heteroatoms. The van der Waals surface area contributed by atoms with E-state index in [0.29, 0.717) is 5.92 Å². The molecule has 0 aliphatic heterocycles. The molecular weight excluding hydrogens is 214 g/mol. The van der Waals surface area contributed by atoms with Crippen LogP contribution in [0.15, 0.2) is 12.4 Å². The van der Waals surface area contributed by atoms with Gasteiger partial charge in [-0.15, -0.1) is 0 Å². The molecule has 1 saturated carbocycles. The Kier molecular flexibility index (Phi) is 3.62. The van der Waals surface area contributed by atoms with Gasteiger partial charge in [-0.05, 0) is 25.2 Å². The maximum atomic E-state index is 5.57. The van der Waals surface area contributed by atoms with Crippen molar-refractivity contribution in [3.63, 3.8) is 0 Å². The van der Waals surface area contributed by atoms with Crippen LogP contribution in [0.4, 0.5) is 5.82 Å². The summed E-state index contributed by atoms with van der Waals surface area (Å²) in [5, 5.41) is 3.36. The van der Waals surface area contributed by atoms with Crippen LogP contribution < -0.4 is 5.32 Å². The van der Waals surface area contributed by atoms with Gasteiger partial charge in [-0.25, -0.2) is 9.97 Å². The van der Waals surface area contributed by atoms with Crippen LogP contribution in [0.2, 0.25) is 0 Å². The van der Waals surface area contributed by atoms with E-state index in [2.05, 4.69) is 29.1 Å². The molecule has 0 atom stereocenters. The first-order valence-electron chi connectivity index (χ1n) is 6.26. The van der Waals surface area contributed by atoms with Crippen LogP contribution in [0.1, 0.15) is 44.7 Å². The van der Waals surface area contributed by atoms with Gasteiger partial charge in [0.25, 0.3) is 0 Å². The Bertz CT molecular complexity index is 369. The van der Waals surface area contributed by atoms with Gasteiger partial charge in [-0.1, -0.05) is 13.8 Å². The smallest absolute Gasteiger partial charge is 0.129 e. The summed E-state index contributed by atoms with van der Waals surface area (Å²) in [4.78, 5) is 8.50. The molecule has 0 radical (unpaired) electrons. The van der Waals surface area contributed by atoms with Crippen LogP contribution in [-0.2, 0) is 4.74 Å². The number of methoxy groups -OCH3 is 1. The van der Waals surface area contributed by atoms with Crippen molar-refractivity contribution in [1.29, 1.82) is 0 Å². The second kappa shape index (κ2) is 5.00. The van der Waals surface area contributed by atoms with E-state index in [1.165, 1.54) is 6.42 Å². The minimum Gasteiger partial charge on any atom is -0.376 e. The first kappa shape index (κ1) is 12.3. The van der Waals surface area contributed by atoms with Gasteiger partial charge in [0.2, 0.25) is 0 Å². The quantitative estimate of drug-likeness (QED) is 0.852. The molecule has 94 valence electrons. The molecule has 0 spiro atoms. The van der Waals surface area contributed by atoms with Crippen LogP contribution >= 0.6 is 0 Å². The van der Waals surface area contributed by atoms with E-state index in [0.717, 1.165) is 30.9 Å². The van der Waals surface area contributed by atoms with Crippen LogP contribution in [-0.4, -0.2) is 29.2 Å². The SMILES string of the molecule is COC1(CNc2cc(C(C)C)ncn2)CCC1. The maximum absolute atomic E-state index is 5.57. The zero-order valence-corrected chi connectivity index (χ0v) is 10.9. The van der Waals surface area contributed by atoms with Crippen molar-refractivity contribution < 1.29 is 4.74 Å². The van der Waals surface area contributed by atoms with E-state index in [1.807, 2.05) is 6.07 Å². The summed E-state index contributed by atoms with van der Waals surface area (Å²) in [6.07, 6.45) is 5.16. The molecule has 4 nitrogen and oxygen atoms in total. The number of anilines is 1. The van der Waals surface area contributed by atoms with E-state index >= 15 is 0 Å². The molecule has 1 fully saturated rings. The molecule has 0 saturated heterocycles. The molecule has 1 aliphatic rings. The third-order valence-electron chi connectivity index (χ3n) is 3.57. The monoisotopic (exact) mass is 235 g/mol. The third-order valence-corrected chi connectivity index (χ3v) is 3.57. The zero-order chi connectivity index (χ0) is 12.3. The summed E-state index contributed by atoms with van der Waals surface area (Å²) in [6.45, 7) is 5.10. The van der Waals surface area contributed by atoms with Crippen LogP contribution in [0, 0.1) is 0 Å². The lowest BCUT2D eigenvalue weighted by molar-refractivity contribution is -0.0601. The van der Waals surface area contributed by atoms with Gasteiger partial charge < -0.3 is 10.1 Å².